The number of unbranched alkanes of at least 4 members (excludes halogenated alkanes) is 1. The highest BCUT2D eigenvalue weighted by Crippen LogP contribution is 2.05. The highest BCUT2D eigenvalue weighted by atomic mass is 32.2. The van der Waals surface area contributed by atoms with Crippen molar-refractivity contribution >= 4 is 21.9 Å². The molecule has 1 rings (SSSR count). The van der Waals surface area contributed by atoms with Gasteiger partial charge in [0.15, 0.2) is 0 Å². The minimum absolute atomic E-state index is 0.129. The molecule has 1 aliphatic heterocycles. The molecule has 0 aromatic rings. The van der Waals surface area contributed by atoms with Gasteiger partial charge >= 0.3 is 0 Å². The van der Waals surface area contributed by atoms with Gasteiger partial charge in [0.1, 0.15) is 6.04 Å². The zero-order chi connectivity index (χ0) is 24.9. The molecule has 10 nitrogen and oxygen atoms in total. The topological polar surface area (TPSA) is 131 Å². The summed E-state index contributed by atoms with van der Waals surface area (Å²) in [6, 6.07) is -0.117. The molecule has 1 atom stereocenters. The fourth-order valence-electron chi connectivity index (χ4n) is 3.60. The Bertz CT molecular complexity index is 679. The van der Waals surface area contributed by atoms with Crippen molar-refractivity contribution in [1.29, 1.82) is 0 Å². The van der Waals surface area contributed by atoms with Crippen molar-refractivity contribution in [1.82, 2.24) is 25.8 Å². The molecule has 1 aliphatic rings. The number of rotatable bonds is 16. The van der Waals surface area contributed by atoms with Crippen molar-refractivity contribution in [3.8, 4) is 0 Å². The fourth-order valence-corrected chi connectivity index (χ4v) is 4.09. The summed E-state index contributed by atoms with van der Waals surface area (Å²) in [6.45, 7) is 12.9. The van der Waals surface area contributed by atoms with Gasteiger partial charge < -0.3 is 16.0 Å². The normalized spacial score (nSPS) is 16.8. The van der Waals surface area contributed by atoms with Crippen LogP contribution in [0.1, 0.15) is 53.4 Å². The van der Waals surface area contributed by atoms with E-state index >= 15 is 0 Å². The molecule has 0 saturated carbocycles. The maximum Gasteiger partial charge on any atom is 0.266 e. The third-order valence-electron chi connectivity index (χ3n) is 5.64. The number of piperazine rings is 1. The maximum atomic E-state index is 12.7. The van der Waals surface area contributed by atoms with Gasteiger partial charge in [-0.15, -0.1) is 0 Å². The summed E-state index contributed by atoms with van der Waals surface area (Å²) in [6.07, 6.45) is 3.28. The Labute approximate surface area is 200 Å². The molecule has 11 heteroatoms. The van der Waals surface area contributed by atoms with E-state index in [4.69, 9.17) is 4.55 Å². The van der Waals surface area contributed by atoms with Gasteiger partial charge in [-0.25, -0.2) is 0 Å². The van der Waals surface area contributed by atoms with Crippen LogP contribution in [0.5, 0.6) is 0 Å². The molecule has 1 fully saturated rings. The SMILES string of the molecule is CC(C)CCNC(=O)[C@@H](CCCCNC(C)C)NC(=O)CN1CCN(CCS(=O)(=O)O)CC1. The lowest BCUT2D eigenvalue weighted by Gasteiger charge is -2.34. The Kier molecular flexibility index (Phi) is 14.1. The summed E-state index contributed by atoms with van der Waals surface area (Å²) in [5, 5.41) is 9.24. The van der Waals surface area contributed by atoms with Crippen molar-refractivity contribution in [3.63, 3.8) is 0 Å². The van der Waals surface area contributed by atoms with Gasteiger partial charge in [-0.1, -0.05) is 27.7 Å². The second kappa shape index (κ2) is 15.6. The molecule has 0 unspecified atom stereocenters. The van der Waals surface area contributed by atoms with E-state index in [2.05, 4.69) is 43.6 Å². The molecular weight excluding hydrogens is 446 g/mol. The summed E-state index contributed by atoms with van der Waals surface area (Å²) >= 11 is 0. The van der Waals surface area contributed by atoms with Crippen LogP contribution < -0.4 is 16.0 Å². The largest absolute Gasteiger partial charge is 0.354 e. The first-order chi connectivity index (χ1) is 15.5. The molecule has 0 radical (unpaired) electrons. The standard InChI is InChI=1S/C22H45N5O5S/c1-18(2)8-10-24-22(29)20(7-5-6-9-23-19(3)4)25-21(28)17-27-13-11-26(12-14-27)15-16-33(30,31)32/h18-20,23H,5-17H2,1-4H3,(H,24,29)(H,25,28)(H,30,31,32)/t20-/m1/s1. The molecule has 0 aromatic heterocycles. The van der Waals surface area contributed by atoms with Crippen LogP contribution in [0.2, 0.25) is 0 Å². The van der Waals surface area contributed by atoms with E-state index in [9.17, 15) is 18.0 Å². The van der Waals surface area contributed by atoms with Gasteiger partial charge in [0.25, 0.3) is 10.1 Å². The molecule has 4 N–H and O–H groups in total. The third-order valence-corrected chi connectivity index (χ3v) is 6.34. The smallest absolute Gasteiger partial charge is 0.266 e. The molecule has 1 saturated heterocycles. The van der Waals surface area contributed by atoms with Crippen molar-refractivity contribution in [2.24, 2.45) is 5.92 Å². The van der Waals surface area contributed by atoms with E-state index in [0.29, 0.717) is 51.1 Å². The Morgan fingerprint density at radius 2 is 1.58 bits per heavy atom. The van der Waals surface area contributed by atoms with Crippen LogP contribution in [0.3, 0.4) is 0 Å². The minimum atomic E-state index is -3.97. The molecule has 2 amide bonds. The first-order valence-corrected chi connectivity index (χ1v) is 13.8. The molecular formula is C22H45N5O5S. The Balaban J connectivity index is 2.47. The Morgan fingerprint density at radius 3 is 2.15 bits per heavy atom. The van der Waals surface area contributed by atoms with Crippen LogP contribution in [0.15, 0.2) is 0 Å². The molecule has 0 bridgehead atoms. The first-order valence-electron chi connectivity index (χ1n) is 12.2. The third kappa shape index (κ3) is 15.3. The molecule has 0 spiro atoms. The van der Waals surface area contributed by atoms with Gasteiger partial charge in [-0.2, -0.15) is 8.42 Å². The zero-order valence-electron chi connectivity index (χ0n) is 20.8. The van der Waals surface area contributed by atoms with Crippen molar-refractivity contribution in [2.75, 3.05) is 58.1 Å². The zero-order valence-corrected chi connectivity index (χ0v) is 21.6. The van der Waals surface area contributed by atoms with Crippen LogP contribution in [0.4, 0.5) is 0 Å². The second-order valence-electron chi connectivity index (χ2n) is 9.60. The van der Waals surface area contributed by atoms with Gasteiger partial charge in [0.05, 0.1) is 12.3 Å². The lowest BCUT2D eigenvalue weighted by Crippen LogP contribution is -2.53. The van der Waals surface area contributed by atoms with E-state index in [1.807, 2.05) is 9.80 Å². The number of hydrogen-bond acceptors (Lipinski definition) is 7. The van der Waals surface area contributed by atoms with Gasteiger partial charge in [0, 0.05) is 45.3 Å². The summed E-state index contributed by atoms with van der Waals surface area (Å²) in [5.74, 6) is -0.0912. The average Bonchev–Trinajstić information content (AvgIpc) is 2.71. The maximum absolute atomic E-state index is 12.7. The van der Waals surface area contributed by atoms with E-state index in [-0.39, 0.29) is 30.7 Å². The predicted molar refractivity (Wildman–Crippen MR) is 131 cm³/mol. The van der Waals surface area contributed by atoms with Crippen molar-refractivity contribution in [3.05, 3.63) is 0 Å². The fraction of sp³-hybridized carbons (Fsp3) is 0.909. The Hall–Kier alpha value is -1.27. The number of nitrogens with one attached hydrogen (secondary N) is 3. The number of nitrogens with zero attached hydrogens (tertiary/aromatic N) is 2. The minimum Gasteiger partial charge on any atom is -0.354 e. The number of amides is 2. The summed E-state index contributed by atoms with van der Waals surface area (Å²) in [7, 11) is -3.97. The molecule has 1 heterocycles. The number of carbonyl (C=O) groups excluding carboxylic acids is 2. The molecule has 0 aliphatic carbocycles. The molecule has 33 heavy (non-hydrogen) atoms. The summed E-state index contributed by atoms with van der Waals surface area (Å²) in [5.41, 5.74) is 0. The van der Waals surface area contributed by atoms with Crippen LogP contribution in [0, 0.1) is 5.92 Å². The van der Waals surface area contributed by atoms with Crippen molar-refractivity contribution < 1.29 is 22.6 Å². The number of hydrogen-bond donors (Lipinski definition) is 4. The van der Waals surface area contributed by atoms with Crippen LogP contribution >= 0.6 is 0 Å². The van der Waals surface area contributed by atoms with Crippen LogP contribution in [0.25, 0.3) is 0 Å². The van der Waals surface area contributed by atoms with E-state index in [1.165, 1.54) is 0 Å². The first kappa shape index (κ1) is 29.8. The average molecular weight is 492 g/mol. The lowest BCUT2D eigenvalue weighted by atomic mass is 10.1. The molecule has 194 valence electrons. The Morgan fingerprint density at radius 1 is 0.939 bits per heavy atom. The van der Waals surface area contributed by atoms with Gasteiger partial charge in [-0.05, 0) is 38.1 Å². The highest BCUT2D eigenvalue weighted by Gasteiger charge is 2.24. The quantitative estimate of drug-likeness (QED) is 0.179. The van der Waals surface area contributed by atoms with E-state index < -0.39 is 16.2 Å². The molecule has 0 aromatic carbocycles. The van der Waals surface area contributed by atoms with Gasteiger partial charge in [-0.3, -0.25) is 23.9 Å². The monoisotopic (exact) mass is 491 g/mol. The van der Waals surface area contributed by atoms with Crippen molar-refractivity contribution in [2.45, 2.75) is 65.5 Å². The highest BCUT2D eigenvalue weighted by molar-refractivity contribution is 7.85. The van der Waals surface area contributed by atoms with E-state index in [1.54, 1.807) is 0 Å². The second-order valence-corrected chi connectivity index (χ2v) is 11.2. The summed E-state index contributed by atoms with van der Waals surface area (Å²) < 4.78 is 30.7. The summed E-state index contributed by atoms with van der Waals surface area (Å²) in [4.78, 5) is 29.3. The predicted octanol–water partition coefficient (Wildman–Crippen LogP) is 0.307. The van der Waals surface area contributed by atoms with Crippen LogP contribution in [-0.4, -0.2) is 105 Å². The van der Waals surface area contributed by atoms with Crippen LogP contribution in [-0.2, 0) is 19.7 Å². The van der Waals surface area contributed by atoms with Gasteiger partial charge in [0.2, 0.25) is 11.8 Å². The van der Waals surface area contributed by atoms with E-state index in [0.717, 1.165) is 25.8 Å². The number of carbonyl (C=O) groups is 2. The lowest BCUT2D eigenvalue weighted by molar-refractivity contribution is -0.130.